The van der Waals surface area contributed by atoms with Gasteiger partial charge in [-0.3, -0.25) is 9.69 Å². The van der Waals surface area contributed by atoms with Crippen molar-refractivity contribution in [1.82, 2.24) is 15.2 Å². The highest BCUT2D eigenvalue weighted by atomic mass is 32.2. The highest BCUT2D eigenvalue weighted by Crippen LogP contribution is 2.26. The van der Waals surface area contributed by atoms with E-state index < -0.39 is 0 Å². The van der Waals surface area contributed by atoms with Crippen molar-refractivity contribution in [2.24, 2.45) is 5.92 Å². The number of thioether (sulfide) groups is 1. The van der Waals surface area contributed by atoms with Crippen LogP contribution in [0.25, 0.3) is 0 Å². The van der Waals surface area contributed by atoms with E-state index in [0.717, 1.165) is 39.9 Å². The molecule has 162 valence electrons. The minimum absolute atomic E-state index is 0.0344. The van der Waals surface area contributed by atoms with Crippen molar-refractivity contribution in [2.75, 3.05) is 13.1 Å². The third kappa shape index (κ3) is 6.42. The first-order valence-corrected chi connectivity index (χ1v) is 12.8. The van der Waals surface area contributed by atoms with Crippen LogP contribution in [0.2, 0.25) is 0 Å². The van der Waals surface area contributed by atoms with Gasteiger partial charge in [-0.15, -0.1) is 23.1 Å². The van der Waals surface area contributed by atoms with E-state index in [9.17, 15) is 4.79 Å². The van der Waals surface area contributed by atoms with Gasteiger partial charge in [-0.05, 0) is 55.1 Å². The predicted molar refractivity (Wildman–Crippen MR) is 129 cm³/mol. The Morgan fingerprint density at radius 1 is 1.13 bits per heavy atom. The van der Waals surface area contributed by atoms with Crippen LogP contribution in [0.15, 0.2) is 64.3 Å². The van der Waals surface area contributed by atoms with Crippen LogP contribution in [0.4, 0.5) is 0 Å². The Balaban J connectivity index is 1.29. The number of nitrogens with one attached hydrogen (secondary N) is 1. The second-order valence-electron chi connectivity index (χ2n) is 8.22. The van der Waals surface area contributed by atoms with Crippen LogP contribution in [0.5, 0.6) is 0 Å². The predicted octanol–water partition coefficient (Wildman–Crippen LogP) is 5.60. The minimum Gasteiger partial charge on any atom is -0.348 e. The zero-order chi connectivity index (χ0) is 21.5. The second-order valence-corrected chi connectivity index (χ2v) is 9.96. The molecule has 1 aliphatic rings. The maximum absolute atomic E-state index is 12.8. The minimum atomic E-state index is -0.0344. The lowest BCUT2D eigenvalue weighted by atomic mass is 9.99. The van der Waals surface area contributed by atoms with Crippen LogP contribution >= 0.6 is 23.1 Å². The Kier molecular flexibility index (Phi) is 7.78. The van der Waals surface area contributed by atoms with Gasteiger partial charge in [-0.2, -0.15) is 0 Å². The third-order valence-corrected chi connectivity index (χ3v) is 7.49. The number of benzene rings is 2. The van der Waals surface area contributed by atoms with Crippen molar-refractivity contribution in [3.8, 4) is 0 Å². The Morgan fingerprint density at radius 2 is 1.87 bits per heavy atom. The van der Waals surface area contributed by atoms with E-state index in [2.05, 4.69) is 46.4 Å². The van der Waals surface area contributed by atoms with Gasteiger partial charge in [0.2, 0.25) is 0 Å². The smallest absolute Gasteiger partial charge is 0.252 e. The normalized spacial score (nSPS) is 15.1. The summed E-state index contributed by atoms with van der Waals surface area (Å²) >= 11 is 3.25. The van der Waals surface area contributed by atoms with Gasteiger partial charge in [0.15, 0.2) is 0 Å². The number of thiazole rings is 1. The molecule has 0 atom stereocenters. The lowest BCUT2D eigenvalue weighted by Gasteiger charge is -2.30. The fourth-order valence-corrected chi connectivity index (χ4v) is 5.38. The molecule has 6 heteroatoms. The average Bonchev–Trinajstić information content (AvgIpc) is 3.32. The highest BCUT2D eigenvalue weighted by Gasteiger charge is 2.16. The largest absolute Gasteiger partial charge is 0.348 e. The van der Waals surface area contributed by atoms with Crippen molar-refractivity contribution < 1.29 is 4.79 Å². The molecule has 1 saturated heterocycles. The van der Waals surface area contributed by atoms with Crippen LogP contribution in [0.3, 0.4) is 0 Å². The Bertz CT molecular complexity index is 965. The van der Waals surface area contributed by atoms with Crippen molar-refractivity contribution in [3.05, 3.63) is 81.8 Å². The number of piperidine rings is 1. The van der Waals surface area contributed by atoms with E-state index in [1.165, 1.54) is 31.5 Å². The number of likely N-dealkylation sites (tertiary alicyclic amines) is 1. The molecule has 0 radical (unpaired) electrons. The molecule has 0 unspecified atom stereocenters. The SMILES string of the molecule is CC1CCN(Cc2ccc(CNC(=O)c3ccccc3SCc3cscn3)cc2)CC1. The lowest BCUT2D eigenvalue weighted by Crippen LogP contribution is -2.32. The van der Waals surface area contributed by atoms with Crippen LogP contribution in [0, 0.1) is 5.92 Å². The average molecular weight is 452 g/mol. The van der Waals surface area contributed by atoms with Crippen LogP contribution in [-0.2, 0) is 18.8 Å². The summed E-state index contributed by atoms with van der Waals surface area (Å²) in [6.07, 6.45) is 2.60. The lowest BCUT2D eigenvalue weighted by molar-refractivity contribution is 0.0948. The maximum Gasteiger partial charge on any atom is 0.252 e. The van der Waals surface area contributed by atoms with Gasteiger partial charge in [0.25, 0.3) is 5.91 Å². The number of nitrogens with zero attached hydrogens (tertiary/aromatic N) is 2. The molecule has 0 spiro atoms. The quantitative estimate of drug-likeness (QED) is 0.453. The molecule has 1 amide bonds. The van der Waals surface area contributed by atoms with E-state index in [-0.39, 0.29) is 5.91 Å². The van der Waals surface area contributed by atoms with Crippen LogP contribution < -0.4 is 5.32 Å². The van der Waals surface area contributed by atoms with E-state index in [1.54, 1.807) is 23.1 Å². The second kappa shape index (κ2) is 10.9. The summed E-state index contributed by atoms with van der Waals surface area (Å²) in [5.41, 5.74) is 6.07. The van der Waals surface area contributed by atoms with Gasteiger partial charge in [-0.1, -0.05) is 43.3 Å². The summed E-state index contributed by atoms with van der Waals surface area (Å²) in [5, 5.41) is 5.13. The molecule has 4 rings (SSSR count). The molecule has 4 nitrogen and oxygen atoms in total. The van der Waals surface area contributed by atoms with Gasteiger partial charge < -0.3 is 5.32 Å². The molecule has 31 heavy (non-hydrogen) atoms. The van der Waals surface area contributed by atoms with Gasteiger partial charge in [0.05, 0.1) is 16.8 Å². The number of hydrogen-bond acceptors (Lipinski definition) is 5. The van der Waals surface area contributed by atoms with Crippen molar-refractivity contribution >= 4 is 29.0 Å². The number of carbonyl (C=O) groups is 1. The van der Waals surface area contributed by atoms with E-state index >= 15 is 0 Å². The molecule has 0 aliphatic carbocycles. The summed E-state index contributed by atoms with van der Waals surface area (Å²) in [7, 11) is 0. The van der Waals surface area contributed by atoms with Crippen molar-refractivity contribution in [3.63, 3.8) is 0 Å². The van der Waals surface area contributed by atoms with Gasteiger partial charge >= 0.3 is 0 Å². The molecule has 1 fully saturated rings. The van der Waals surface area contributed by atoms with E-state index in [4.69, 9.17) is 0 Å². The summed E-state index contributed by atoms with van der Waals surface area (Å²) in [5.74, 6) is 1.59. The summed E-state index contributed by atoms with van der Waals surface area (Å²) < 4.78 is 0. The Hall–Kier alpha value is -2.15. The summed E-state index contributed by atoms with van der Waals surface area (Å²) in [6, 6.07) is 16.4. The maximum atomic E-state index is 12.8. The number of carbonyl (C=O) groups excluding carboxylic acids is 1. The standard InChI is InChI=1S/C25H29N3OS2/c1-19-10-12-28(13-11-19)15-21-8-6-20(7-9-21)14-26-25(29)23-4-2-3-5-24(23)31-17-22-16-30-18-27-22/h2-9,16,18-19H,10-15,17H2,1H3,(H,26,29). The molecule has 2 heterocycles. The first-order chi connectivity index (χ1) is 15.2. The third-order valence-electron chi connectivity index (χ3n) is 5.75. The summed E-state index contributed by atoms with van der Waals surface area (Å²) in [4.78, 5) is 20.7. The molecule has 0 saturated carbocycles. The Labute approximate surface area is 193 Å². The molecular formula is C25H29N3OS2. The van der Waals surface area contributed by atoms with E-state index in [0.29, 0.717) is 6.54 Å². The number of aromatic nitrogens is 1. The molecule has 1 N–H and O–H groups in total. The van der Waals surface area contributed by atoms with E-state index in [1.807, 2.05) is 35.2 Å². The molecule has 2 aromatic carbocycles. The first-order valence-electron chi connectivity index (χ1n) is 10.8. The van der Waals surface area contributed by atoms with Gasteiger partial charge in [0, 0.05) is 29.1 Å². The number of rotatable bonds is 8. The molecule has 0 bridgehead atoms. The van der Waals surface area contributed by atoms with Gasteiger partial charge in [-0.25, -0.2) is 4.98 Å². The zero-order valence-corrected chi connectivity index (χ0v) is 19.6. The van der Waals surface area contributed by atoms with Crippen LogP contribution in [-0.4, -0.2) is 28.9 Å². The Morgan fingerprint density at radius 3 is 2.61 bits per heavy atom. The monoisotopic (exact) mass is 451 g/mol. The van der Waals surface area contributed by atoms with Crippen LogP contribution in [0.1, 0.15) is 46.9 Å². The number of amides is 1. The topological polar surface area (TPSA) is 45.2 Å². The first kappa shape index (κ1) is 22.1. The van der Waals surface area contributed by atoms with Crippen molar-refractivity contribution in [2.45, 2.75) is 43.5 Å². The fourth-order valence-electron chi connectivity index (χ4n) is 3.76. The molecule has 3 aromatic rings. The zero-order valence-electron chi connectivity index (χ0n) is 17.9. The molecule has 1 aliphatic heterocycles. The molecule has 1 aromatic heterocycles. The summed E-state index contributed by atoms with van der Waals surface area (Å²) in [6.45, 7) is 6.28. The fraction of sp³-hybridized carbons (Fsp3) is 0.360. The molecular weight excluding hydrogens is 422 g/mol. The van der Waals surface area contributed by atoms with Crippen molar-refractivity contribution in [1.29, 1.82) is 0 Å². The number of hydrogen-bond donors (Lipinski definition) is 1. The van der Waals surface area contributed by atoms with Gasteiger partial charge in [0.1, 0.15) is 0 Å². The highest BCUT2D eigenvalue weighted by molar-refractivity contribution is 7.98.